The summed E-state index contributed by atoms with van der Waals surface area (Å²) in [5.74, 6) is 2.62. The number of fused-ring (bicyclic) bond motifs is 7. The van der Waals surface area contributed by atoms with E-state index in [-0.39, 0.29) is 0 Å². The summed E-state index contributed by atoms with van der Waals surface area (Å²) in [6.45, 7) is 0. The van der Waals surface area contributed by atoms with E-state index in [2.05, 4.69) is 53.4 Å². The van der Waals surface area contributed by atoms with Gasteiger partial charge in [-0.15, -0.1) is 0 Å². The molecular weight excluding hydrogens is 492 g/mol. The Hall–Kier alpha value is -5.55. The van der Waals surface area contributed by atoms with Crippen LogP contribution < -0.4 is 4.90 Å². The van der Waals surface area contributed by atoms with Crippen LogP contribution in [0, 0.1) is 0 Å². The first-order valence-corrected chi connectivity index (χ1v) is 13.2. The zero-order valence-electron chi connectivity index (χ0n) is 21.4. The first kappa shape index (κ1) is 22.4. The number of para-hydroxylation sites is 3. The number of hydrogen-bond donors (Lipinski definition) is 0. The van der Waals surface area contributed by atoms with Crippen LogP contribution in [0.15, 0.2) is 138 Å². The highest BCUT2D eigenvalue weighted by Crippen LogP contribution is 2.53. The van der Waals surface area contributed by atoms with Gasteiger partial charge in [0.2, 0.25) is 5.95 Å². The zero-order valence-corrected chi connectivity index (χ0v) is 21.4. The van der Waals surface area contributed by atoms with Gasteiger partial charge in [-0.3, -0.25) is 4.90 Å². The predicted molar refractivity (Wildman–Crippen MR) is 160 cm³/mol. The second-order valence-electron chi connectivity index (χ2n) is 9.69. The van der Waals surface area contributed by atoms with E-state index < -0.39 is 0 Å². The molecule has 0 N–H and O–H groups in total. The highest BCUT2D eigenvalue weighted by Gasteiger charge is 2.31. The van der Waals surface area contributed by atoms with E-state index in [0.29, 0.717) is 17.6 Å². The van der Waals surface area contributed by atoms with E-state index in [9.17, 15) is 0 Å². The fraction of sp³-hybridized carbons (Fsp3) is 0. The molecule has 0 atom stereocenters. The monoisotopic (exact) mass is 514 g/mol. The Labute approximate surface area is 231 Å². The molecule has 5 aromatic carbocycles. The molecule has 7 aromatic rings. The third-order valence-corrected chi connectivity index (χ3v) is 7.29. The molecule has 8 rings (SSSR count). The molecule has 0 spiro atoms. The third-order valence-electron chi connectivity index (χ3n) is 7.29. The molecule has 5 nitrogen and oxygen atoms in total. The predicted octanol–water partition coefficient (Wildman–Crippen LogP) is 9.07. The van der Waals surface area contributed by atoms with E-state index in [4.69, 9.17) is 19.4 Å². The topological polar surface area (TPSA) is 55.1 Å². The summed E-state index contributed by atoms with van der Waals surface area (Å²) < 4.78 is 6.54. The molecule has 0 fully saturated rings. The number of benzene rings is 5. The molecular formula is C35H22N4O. The molecule has 3 heterocycles. The van der Waals surface area contributed by atoms with Crippen LogP contribution >= 0.6 is 0 Å². The Morgan fingerprint density at radius 3 is 1.68 bits per heavy atom. The van der Waals surface area contributed by atoms with Gasteiger partial charge in [-0.25, -0.2) is 4.98 Å². The van der Waals surface area contributed by atoms with Crippen LogP contribution in [0.4, 0.5) is 17.3 Å². The van der Waals surface area contributed by atoms with Gasteiger partial charge in [0.15, 0.2) is 11.6 Å². The summed E-state index contributed by atoms with van der Waals surface area (Å²) in [5, 5.41) is 1.08. The molecule has 0 bridgehead atoms. The Balaban J connectivity index is 1.45. The van der Waals surface area contributed by atoms with Crippen molar-refractivity contribution in [1.82, 2.24) is 15.0 Å². The summed E-state index contributed by atoms with van der Waals surface area (Å²) in [6, 6.07) is 45.0. The van der Waals surface area contributed by atoms with Crippen molar-refractivity contribution < 1.29 is 4.42 Å². The van der Waals surface area contributed by atoms with Crippen LogP contribution in [0.1, 0.15) is 0 Å². The fourth-order valence-corrected chi connectivity index (χ4v) is 5.49. The first-order chi connectivity index (χ1) is 19.8. The van der Waals surface area contributed by atoms with Gasteiger partial charge in [-0.2, -0.15) is 9.97 Å². The number of rotatable bonds is 3. The average Bonchev–Trinajstić information content (AvgIpc) is 3.36. The van der Waals surface area contributed by atoms with Crippen molar-refractivity contribution in [2.45, 2.75) is 0 Å². The Morgan fingerprint density at radius 1 is 0.475 bits per heavy atom. The standard InChI is InChI=1S/C35H22N4O/c1-3-13-23(14-4-1)33-36-34(24-15-5-2-6-16-24)38-35(37-33)39-28-20-10-7-17-25(28)31-27-19-9-12-22-30(27)40-32(31)26-18-8-11-21-29(26)39/h1-22H. The van der Waals surface area contributed by atoms with Crippen LogP contribution in [0.3, 0.4) is 0 Å². The van der Waals surface area contributed by atoms with Gasteiger partial charge in [0, 0.05) is 33.2 Å². The number of nitrogens with zero attached hydrogens (tertiary/aromatic N) is 4. The number of anilines is 3. The fourth-order valence-electron chi connectivity index (χ4n) is 5.49. The van der Waals surface area contributed by atoms with E-state index in [0.717, 1.165) is 55.9 Å². The number of hydrogen-bond acceptors (Lipinski definition) is 5. The highest BCUT2D eigenvalue weighted by atomic mass is 16.3. The maximum atomic E-state index is 6.54. The Kier molecular flexibility index (Phi) is 5.07. The maximum absolute atomic E-state index is 6.54. The Bertz CT molecular complexity index is 1960. The van der Waals surface area contributed by atoms with Crippen molar-refractivity contribution >= 4 is 28.3 Å². The van der Waals surface area contributed by atoms with Crippen molar-refractivity contribution in [2.75, 3.05) is 4.90 Å². The molecule has 2 aromatic heterocycles. The lowest BCUT2D eigenvalue weighted by molar-refractivity contribution is 0.633. The van der Waals surface area contributed by atoms with E-state index >= 15 is 0 Å². The minimum Gasteiger partial charge on any atom is -0.455 e. The van der Waals surface area contributed by atoms with Crippen LogP contribution in [-0.4, -0.2) is 15.0 Å². The van der Waals surface area contributed by atoms with E-state index in [1.807, 2.05) is 84.9 Å². The largest absolute Gasteiger partial charge is 0.455 e. The summed E-state index contributed by atoms with van der Waals surface area (Å²) >= 11 is 0. The summed E-state index contributed by atoms with van der Waals surface area (Å²) in [5.41, 5.74) is 7.75. The molecule has 40 heavy (non-hydrogen) atoms. The van der Waals surface area contributed by atoms with Crippen molar-refractivity contribution in [3.63, 3.8) is 0 Å². The molecule has 1 aliphatic rings. The second kappa shape index (κ2) is 9.03. The average molecular weight is 515 g/mol. The quantitative estimate of drug-likeness (QED) is 0.235. The first-order valence-electron chi connectivity index (χ1n) is 13.2. The summed E-state index contributed by atoms with van der Waals surface area (Å²) in [6.07, 6.45) is 0. The van der Waals surface area contributed by atoms with E-state index in [1.54, 1.807) is 0 Å². The van der Waals surface area contributed by atoms with Crippen molar-refractivity contribution in [1.29, 1.82) is 0 Å². The SMILES string of the molecule is c1ccc(-c2nc(-c3ccccc3)nc(N3c4ccccc4-c4oc5ccccc5c4-c4ccccc43)n2)cc1. The van der Waals surface area contributed by atoms with Crippen LogP contribution in [0.25, 0.3) is 56.2 Å². The Morgan fingerprint density at radius 2 is 1.00 bits per heavy atom. The van der Waals surface area contributed by atoms with Crippen LogP contribution in [0.5, 0.6) is 0 Å². The van der Waals surface area contributed by atoms with E-state index in [1.165, 1.54) is 0 Å². The van der Waals surface area contributed by atoms with Crippen LogP contribution in [0.2, 0.25) is 0 Å². The minimum absolute atomic E-state index is 0.544. The van der Waals surface area contributed by atoms with Crippen molar-refractivity contribution in [3.05, 3.63) is 133 Å². The summed E-state index contributed by atoms with van der Waals surface area (Å²) in [4.78, 5) is 17.2. The molecule has 0 radical (unpaired) electrons. The van der Waals surface area contributed by atoms with Gasteiger partial charge in [0.25, 0.3) is 0 Å². The molecule has 1 aliphatic heterocycles. The lowest BCUT2D eigenvalue weighted by atomic mass is 9.98. The summed E-state index contributed by atoms with van der Waals surface area (Å²) in [7, 11) is 0. The van der Waals surface area contributed by atoms with Gasteiger partial charge in [0.05, 0.1) is 11.4 Å². The molecule has 5 heteroatoms. The maximum Gasteiger partial charge on any atom is 0.238 e. The lowest BCUT2D eigenvalue weighted by Gasteiger charge is -2.25. The van der Waals surface area contributed by atoms with Gasteiger partial charge < -0.3 is 4.42 Å². The molecule has 0 unspecified atom stereocenters. The molecule has 0 aliphatic carbocycles. The third kappa shape index (κ3) is 3.52. The van der Waals surface area contributed by atoms with Gasteiger partial charge in [0.1, 0.15) is 11.3 Å². The van der Waals surface area contributed by atoms with Gasteiger partial charge >= 0.3 is 0 Å². The second-order valence-corrected chi connectivity index (χ2v) is 9.69. The highest BCUT2D eigenvalue weighted by molar-refractivity contribution is 6.09. The zero-order chi connectivity index (χ0) is 26.5. The molecule has 0 amide bonds. The van der Waals surface area contributed by atoms with Gasteiger partial charge in [-0.05, 0) is 24.3 Å². The smallest absolute Gasteiger partial charge is 0.238 e. The lowest BCUT2D eigenvalue weighted by Crippen LogP contribution is -2.16. The van der Waals surface area contributed by atoms with Crippen molar-refractivity contribution in [2.24, 2.45) is 0 Å². The molecule has 0 saturated heterocycles. The number of furan rings is 1. The molecule has 0 saturated carbocycles. The van der Waals surface area contributed by atoms with Crippen LogP contribution in [-0.2, 0) is 0 Å². The number of aromatic nitrogens is 3. The normalized spacial score (nSPS) is 11.9. The van der Waals surface area contributed by atoms with Crippen molar-refractivity contribution in [3.8, 4) is 45.2 Å². The minimum atomic E-state index is 0.544. The van der Waals surface area contributed by atoms with Gasteiger partial charge in [-0.1, -0.05) is 109 Å². The molecule has 188 valence electrons.